The molecule has 0 unspecified atom stereocenters. The van der Waals surface area contributed by atoms with Gasteiger partial charge in [0.2, 0.25) is 5.91 Å². The third kappa shape index (κ3) is 7.87. The molecule has 1 N–H and O–H groups in total. The van der Waals surface area contributed by atoms with Crippen LogP contribution in [0.3, 0.4) is 0 Å². The topological polar surface area (TPSA) is 86.6 Å². The van der Waals surface area contributed by atoms with Gasteiger partial charge >= 0.3 is 6.03 Å². The normalized spacial score (nSPS) is 19.8. The summed E-state index contributed by atoms with van der Waals surface area (Å²) in [6.07, 6.45) is 14.4. The lowest BCUT2D eigenvalue weighted by atomic mass is 9.94. The third-order valence-electron chi connectivity index (χ3n) is 10.3. The van der Waals surface area contributed by atoms with E-state index in [9.17, 15) is 9.59 Å². The maximum Gasteiger partial charge on any atom is 0.318 e. The highest BCUT2D eigenvalue weighted by molar-refractivity contribution is 9.10. The van der Waals surface area contributed by atoms with E-state index in [2.05, 4.69) is 49.3 Å². The summed E-state index contributed by atoms with van der Waals surface area (Å²) >= 11 is 10.2. The Bertz CT molecular complexity index is 1690. The van der Waals surface area contributed by atoms with Crippen molar-refractivity contribution in [3.63, 3.8) is 0 Å². The first kappa shape index (κ1) is 33.8. The molecule has 2 aromatic carbocycles. The molecule has 0 bridgehead atoms. The Morgan fingerprint density at radius 2 is 1.82 bits per heavy atom. The average Bonchev–Trinajstić information content (AvgIpc) is 3.59. The van der Waals surface area contributed by atoms with Crippen molar-refractivity contribution in [3.05, 3.63) is 117 Å². The van der Waals surface area contributed by atoms with E-state index in [0.717, 1.165) is 59.8 Å². The molecular weight excluding hydrogens is 702 g/mol. The lowest BCUT2D eigenvalue weighted by Gasteiger charge is -2.45. The predicted octanol–water partition coefficient (Wildman–Crippen LogP) is 6.64. The van der Waals surface area contributed by atoms with Crippen LogP contribution in [-0.4, -0.2) is 79.4 Å². The molecule has 3 aliphatic rings. The molecule has 3 heterocycles. The zero-order valence-corrected chi connectivity index (χ0v) is 30.0. The van der Waals surface area contributed by atoms with Gasteiger partial charge in [0.1, 0.15) is 6.04 Å². The standard InChI is InChI=1S/C38H43BrClN7O2/c39-30-21-29-12-11-28-22-31(40)13-14-33(28)36(35(29)42-23-30)45-19-20-47(38(49)43-32-9-5-2-6-10-32)34(25-45)37(48)46(18-17-44-16-15-41-26-44)24-27-7-3-1-4-8-27/h1,3-4,7-8,13-16,21-23,26,32,34,36H,2,5-6,9-12,17-20,24-25H2,(H,43,49)/t34-,36-/m1/s1. The number of rotatable bonds is 8. The number of nitrogens with zero attached hydrogens (tertiary/aromatic N) is 6. The molecule has 2 atom stereocenters. The van der Waals surface area contributed by atoms with E-state index < -0.39 is 6.04 Å². The van der Waals surface area contributed by atoms with Gasteiger partial charge in [-0.15, -0.1) is 0 Å². The van der Waals surface area contributed by atoms with Gasteiger partial charge in [0.25, 0.3) is 0 Å². The summed E-state index contributed by atoms with van der Waals surface area (Å²) < 4.78 is 2.93. The van der Waals surface area contributed by atoms with E-state index in [1.807, 2.05) is 58.3 Å². The van der Waals surface area contributed by atoms with Gasteiger partial charge in [-0.05, 0) is 82.1 Å². The van der Waals surface area contributed by atoms with Crippen LogP contribution in [0, 0.1) is 0 Å². The number of pyridine rings is 1. The van der Waals surface area contributed by atoms with Gasteiger partial charge < -0.3 is 19.7 Å². The van der Waals surface area contributed by atoms with Crippen molar-refractivity contribution in [2.24, 2.45) is 0 Å². The highest BCUT2D eigenvalue weighted by atomic mass is 79.9. The average molecular weight is 745 g/mol. The number of aryl methyl sites for hydroxylation is 2. The number of fused-ring (bicyclic) bond motifs is 2. The smallest absolute Gasteiger partial charge is 0.318 e. The highest BCUT2D eigenvalue weighted by Gasteiger charge is 2.42. The Balaban J connectivity index is 1.24. The molecule has 2 aromatic heterocycles. The SMILES string of the molecule is O=C([C@H]1CN([C@@H]2c3ccc(Cl)cc3CCc3cc(Br)cnc32)CCN1C(=O)NC1CCCCC1)N(CCn1ccnc1)Cc1ccccc1. The molecule has 49 heavy (non-hydrogen) atoms. The van der Waals surface area contributed by atoms with Gasteiger partial charge in [-0.1, -0.05) is 67.3 Å². The summed E-state index contributed by atoms with van der Waals surface area (Å²) in [7, 11) is 0. The second-order valence-electron chi connectivity index (χ2n) is 13.5. The monoisotopic (exact) mass is 743 g/mol. The minimum absolute atomic E-state index is 0.0543. The molecule has 2 fully saturated rings. The van der Waals surface area contributed by atoms with Crippen molar-refractivity contribution < 1.29 is 9.59 Å². The Morgan fingerprint density at radius 1 is 1.00 bits per heavy atom. The van der Waals surface area contributed by atoms with Crippen molar-refractivity contribution in [3.8, 4) is 0 Å². The Labute approximate surface area is 301 Å². The fourth-order valence-corrected chi connectivity index (χ4v) is 8.29. The second kappa shape index (κ2) is 15.4. The van der Waals surface area contributed by atoms with Crippen molar-refractivity contribution >= 4 is 39.5 Å². The van der Waals surface area contributed by atoms with E-state index in [4.69, 9.17) is 16.6 Å². The first-order valence-corrected chi connectivity index (χ1v) is 18.6. The molecule has 2 aliphatic carbocycles. The molecular formula is C38H43BrClN7O2. The van der Waals surface area contributed by atoms with Crippen molar-refractivity contribution in [2.75, 3.05) is 26.2 Å². The summed E-state index contributed by atoms with van der Waals surface area (Å²) in [5, 5.41) is 4.03. The van der Waals surface area contributed by atoms with Crippen LogP contribution in [-0.2, 0) is 30.7 Å². The number of aromatic nitrogens is 3. The first-order chi connectivity index (χ1) is 23.9. The van der Waals surface area contributed by atoms with Gasteiger partial charge in [-0.2, -0.15) is 0 Å². The predicted molar refractivity (Wildman–Crippen MR) is 194 cm³/mol. The molecule has 3 amide bonds. The molecule has 0 spiro atoms. The maximum atomic E-state index is 15.0. The van der Waals surface area contributed by atoms with Crippen molar-refractivity contribution in [2.45, 2.75) is 76.2 Å². The number of imidazole rings is 1. The third-order valence-corrected chi connectivity index (χ3v) is 10.9. The quantitative estimate of drug-likeness (QED) is 0.219. The van der Waals surface area contributed by atoms with Gasteiger partial charge in [0.15, 0.2) is 0 Å². The fraction of sp³-hybridized carbons (Fsp3) is 0.421. The zero-order chi connectivity index (χ0) is 33.7. The summed E-state index contributed by atoms with van der Waals surface area (Å²) in [5.41, 5.74) is 5.57. The summed E-state index contributed by atoms with van der Waals surface area (Å²) in [5.74, 6) is -0.0543. The van der Waals surface area contributed by atoms with Crippen LogP contribution in [0.15, 0.2) is 84.0 Å². The number of hydrogen-bond acceptors (Lipinski definition) is 5. The summed E-state index contributed by atoms with van der Waals surface area (Å²) in [4.78, 5) is 44.3. The van der Waals surface area contributed by atoms with Crippen molar-refractivity contribution in [1.82, 2.24) is 34.6 Å². The molecule has 256 valence electrons. The fourth-order valence-electron chi connectivity index (χ4n) is 7.72. The van der Waals surface area contributed by atoms with Crippen LogP contribution in [0.1, 0.15) is 66.1 Å². The lowest BCUT2D eigenvalue weighted by molar-refractivity contribution is -0.139. The minimum atomic E-state index is -0.679. The van der Waals surface area contributed by atoms with Gasteiger partial charge in [-0.25, -0.2) is 9.78 Å². The Hall–Kier alpha value is -3.73. The van der Waals surface area contributed by atoms with E-state index >= 15 is 0 Å². The second-order valence-corrected chi connectivity index (χ2v) is 14.8. The van der Waals surface area contributed by atoms with E-state index in [0.29, 0.717) is 44.3 Å². The number of carbonyl (C=O) groups is 2. The molecule has 0 radical (unpaired) electrons. The molecule has 1 saturated carbocycles. The largest absolute Gasteiger partial charge is 0.336 e. The van der Waals surface area contributed by atoms with Crippen LogP contribution < -0.4 is 5.32 Å². The molecule has 1 saturated heterocycles. The molecule has 9 nitrogen and oxygen atoms in total. The van der Waals surface area contributed by atoms with Crippen molar-refractivity contribution in [1.29, 1.82) is 0 Å². The molecule has 4 aromatic rings. The number of benzene rings is 2. The van der Waals surface area contributed by atoms with E-state index in [1.165, 1.54) is 17.5 Å². The summed E-state index contributed by atoms with van der Waals surface area (Å²) in [6.45, 7) is 2.97. The van der Waals surface area contributed by atoms with Crippen LogP contribution in [0.4, 0.5) is 4.79 Å². The zero-order valence-electron chi connectivity index (χ0n) is 27.7. The van der Waals surface area contributed by atoms with Gasteiger partial charge in [0.05, 0.1) is 18.1 Å². The van der Waals surface area contributed by atoms with E-state index in [1.54, 1.807) is 17.4 Å². The number of carbonyl (C=O) groups excluding carboxylic acids is 2. The van der Waals surface area contributed by atoms with Crippen LogP contribution in [0.5, 0.6) is 0 Å². The number of urea groups is 1. The first-order valence-electron chi connectivity index (χ1n) is 17.4. The highest BCUT2D eigenvalue weighted by Crippen LogP contribution is 2.39. The lowest BCUT2D eigenvalue weighted by Crippen LogP contribution is -2.64. The van der Waals surface area contributed by atoms with Crippen LogP contribution in [0.25, 0.3) is 0 Å². The number of halogens is 2. The van der Waals surface area contributed by atoms with Gasteiger partial charge in [0, 0.05) is 73.4 Å². The Kier molecular flexibility index (Phi) is 10.6. The minimum Gasteiger partial charge on any atom is -0.336 e. The molecule has 11 heteroatoms. The molecule has 7 rings (SSSR count). The van der Waals surface area contributed by atoms with Crippen LogP contribution >= 0.6 is 27.5 Å². The van der Waals surface area contributed by atoms with Gasteiger partial charge in [-0.3, -0.25) is 14.7 Å². The number of piperazine rings is 1. The summed E-state index contributed by atoms with van der Waals surface area (Å²) in [6, 6.07) is 17.5. The number of hydrogen-bond donors (Lipinski definition) is 1. The number of amides is 3. The van der Waals surface area contributed by atoms with Crippen LogP contribution in [0.2, 0.25) is 5.02 Å². The maximum absolute atomic E-state index is 15.0. The number of nitrogens with one attached hydrogen (secondary N) is 1. The van der Waals surface area contributed by atoms with E-state index in [-0.39, 0.29) is 24.0 Å². The molecule has 1 aliphatic heterocycles. The Morgan fingerprint density at radius 3 is 2.61 bits per heavy atom.